The topological polar surface area (TPSA) is 60.9 Å². The molecule has 6 aromatic rings. The smallest absolute Gasteiger partial charge is 0.166 e. The Morgan fingerprint density at radius 3 is 0.773 bits per heavy atom. The van der Waals surface area contributed by atoms with Crippen LogP contribution >= 0.6 is 0 Å². The number of hydrogen-bond acceptors (Lipinski definition) is 6. The number of hydrogen-bond donors (Lipinski definition) is 0. The molecule has 3 aliphatic heterocycles. The third-order valence-corrected chi connectivity index (χ3v) is 15.4. The average molecular weight is 1020 g/mol. The van der Waals surface area contributed by atoms with Crippen LogP contribution in [0.1, 0.15) is 125 Å². The van der Waals surface area contributed by atoms with Crippen LogP contribution in [0.15, 0.2) is 164 Å². The van der Waals surface area contributed by atoms with Gasteiger partial charge in [0, 0.05) is 34.4 Å². The molecule has 3 saturated heterocycles. The first-order chi connectivity index (χ1) is 36.7. The minimum absolute atomic E-state index is 0.0889. The van der Waals surface area contributed by atoms with Gasteiger partial charge < -0.3 is 14.7 Å². The highest BCUT2D eigenvalue weighted by molar-refractivity contribution is 5.99. The maximum atomic E-state index is 13.0. The zero-order valence-electron chi connectivity index (χ0n) is 44.0. The average Bonchev–Trinajstić information content (AvgIpc) is 3.46. The van der Waals surface area contributed by atoms with E-state index in [1.54, 1.807) is 36.4 Å². The van der Waals surface area contributed by atoms with E-state index in [1.807, 2.05) is 0 Å². The molecule has 0 radical (unpaired) electrons. The van der Waals surface area contributed by atoms with Crippen molar-refractivity contribution < 1.29 is 27.6 Å². The van der Waals surface area contributed by atoms with Crippen LogP contribution in [0.4, 0.5) is 13.2 Å². The zero-order valence-corrected chi connectivity index (χ0v) is 44.0. The molecule has 0 aromatic heterocycles. The molecule has 3 heterocycles. The van der Waals surface area contributed by atoms with Gasteiger partial charge in [-0.1, -0.05) is 91.0 Å². The molecule has 9 heteroatoms. The summed E-state index contributed by atoms with van der Waals surface area (Å²) in [5.41, 5.74) is 6.15. The first-order valence-corrected chi connectivity index (χ1v) is 27.8. The van der Waals surface area contributed by atoms with Crippen LogP contribution in [-0.4, -0.2) is 91.0 Å². The summed E-state index contributed by atoms with van der Waals surface area (Å²) < 4.78 is 38.9. The Hall–Kier alpha value is -6.00. The number of rotatable bonds is 21. The normalized spacial score (nSPS) is 16.0. The van der Waals surface area contributed by atoms with E-state index in [0.29, 0.717) is 16.7 Å². The van der Waals surface area contributed by atoms with Crippen molar-refractivity contribution in [2.45, 2.75) is 96.3 Å². The number of aryl methyl sites for hydroxylation is 3. The summed E-state index contributed by atoms with van der Waals surface area (Å²) in [4.78, 5) is 44.9. The highest BCUT2D eigenvalue weighted by atomic mass is 19.1. The van der Waals surface area contributed by atoms with Crippen molar-refractivity contribution in [1.29, 1.82) is 0 Å². The number of halogens is 3. The Morgan fingerprint density at radius 2 is 0.547 bits per heavy atom. The van der Waals surface area contributed by atoms with Gasteiger partial charge in [0.15, 0.2) is 17.3 Å². The van der Waals surface area contributed by atoms with Crippen molar-refractivity contribution >= 4 is 17.3 Å². The monoisotopic (exact) mass is 1020 g/mol. The van der Waals surface area contributed by atoms with Crippen LogP contribution in [0.5, 0.6) is 0 Å². The van der Waals surface area contributed by atoms with Crippen LogP contribution < -0.4 is 0 Å². The molecule has 0 bridgehead atoms. The zero-order chi connectivity index (χ0) is 52.5. The van der Waals surface area contributed by atoms with Crippen LogP contribution in [0, 0.1) is 35.2 Å². The number of carbonyl (C=O) groups excluding carboxylic acids is 3. The van der Waals surface area contributed by atoms with Gasteiger partial charge in [-0.25, -0.2) is 13.2 Å². The lowest BCUT2D eigenvalue weighted by Gasteiger charge is -2.31. The maximum Gasteiger partial charge on any atom is 0.166 e. The predicted octanol–water partition coefficient (Wildman–Crippen LogP) is 14.2. The van der Waals surface area contributed by atoms with Crippen LogP contribution in [0.2, 0.25) is 0 Å². The molecular formula is C66H78F3N3O3. The Balaban J connectivity index is 0.000000164. The highest BCUT2D eigenvalue weighted by Crippen LogP contribution is 2.25. The third-order valence-electron chi connectivity index (χ3n) is 15.4. The first kappa shape index (κ1) is 56.7. The molecule has 0 saturated carbocycles. The number of unbranched alkanes of at least 4 members (excludes halogenated alkanes) is 3. The Bertz CT molecular complexity index is 2270. The van der Waals surface area contributed by atoms with E-state index in [9.17, 15) is 27.6 Å². The second-order valence-electron chi connectivity index (χ2n) is 20.8. The summed E-state index contributed by atoms with van der Waals surface area (Å²) in [5.74, 6) is -0.0927. The van der Waals surface area contributed by atoms with E-state index in [4.69, 9.17) is 0 Å². The molecule has 0 N–H and O–H groups in total. The lowest BCUT2D eigenvalue weighted by Crippen LogP contribution is -2.37. The fourth-order valence-electron chi connectivity index (χ4n) is 10.7. The highest BCUT2D eigenvalue weighted by Gasteiger charge is 2.28. The Morgan fingerprint density at radius 1 is 0.320 bits per heavy atom. The molecule has 3 aliphatic rings. The van der Waals surface area contributed by atoms with Crippen molar-refractivity contribution in [1.82, 2.24) is 14.7 Å². The van der Waals surface area contributed by atoms with Gasteiger partial charge in [-0.15, -0.1) is 0 Å². The van der Waals surface area contributed by atoms with E-state index in [0.717, 1.165) is 117 Å². The number of nitrogens with zero attached hydrogens (tertiary/aromatic N) is 3. The summed E-state index contributed by atoms with van der Waals surface area (Å²) >= 11 is 0. The van der Waals surface area contributed by atoms with Crippen molar-refractivity contribution in [2.75, 3.05) is 58.9 Å². The van der Waals surface area contributed by atoms with E-state index >= 15 is 0 Å². The van der Waals surface area contributed by atoms with E-state index in [2.05, 4.69) is 106 Å². The van der Waals surface area contributed by atoms with Gasteiger partial charge in [-0.3, -0.25) is 14.4 Å². The molecule has 6 aromatic carbocycles. The minimum atomic E-state index is -0.290. The quantitative estimate of drug-likeness (QED) is 0.0529. The number of benzene rings is 6. The number of carbonyl (C=O) groups is 3. The van der Waals surface area contributed by atoms with Crippen molar-refractivity contribution in [3.63, 3.8) is 0 Å². The number of likely N-dealkylation sites (tertiary alicyclic amines) is 3. The molecule has 6 nitrogen and oxygen atoms in total. The van der Waals surface area contributed by atoms with Crippen molar-refractivity contribution in [2.24, 2.45) is 17.8 Å². The van der Waals surface area contributed by atoms with Gasteiger partial charge in [0.25, 0.3) is 0 Å². The lowest BCUT2D eigenvalue weighted by atomic mass is 9.89. The van der Waals surface area contributed by atoms with Crippen LogP contribution in [0.3, 0.4) is 0 Å². The van der Waals surface area contributed by atoms with Crippen molar-refractivity contribution in [3.8, 4) is 0 Å². The summed E-state index contributed by atoms with van der Waals surface area (Å²) in [5, 5.41) is 0. The second-order valence-corrected chi connectivity index (χ2v) is 20.8. The number of piperidine rings is 3. The fourth-order valence-corrected chi connectivity index (χ4v) is 10.7. The summed E-state index contributed by atoms with van der Waals surface area (Å²) in [7, 11) is 0. The standard InChI is InChI=1S/3C22H26FNO/c3*23-21-11-9-19(10-12-21)22(25)20-13-16-24(17-14-20)15-5-4-8-18-6-2-1-3-7-18/h3*1-3,6-7,9-12,20H,4-5,8,13-17H2. The largest absolute Gasteiger partial charge is 0.303 e. The predicted molar refractivity (Wildman–Crippen MR) is 298 cm³/mol. The van der Waals surface area contributed by atoms with Crippen LogP contribution in [0.25, 0.3) is 0 Å². The maximum absolute atomic E-state index is 13.0. The Kier molecular flexibility index (Phi) is 23.6. The van der Waals surface area contributed by atoms with Gasteiger partial charge in [0.1, 0.15) is 17.5 Å². The van der Waals surface area contributed by atoms with Crippen LogP contribution in [-0.2, 0) is 19.3 Å². The molecule has 75 heavy (non-hydrogen) atoms. The molecule has 0 aliphatic carbocycles. The fraction of sp³-hybridized carbons (Fsp3) is 0.409. The van der Waals surface area contributed by atoms with E-state index in [1.165, 1.54) is 91.6 Å². The second kappa shape index (κ2) is 31.1. The first-order valence-electron chi connectivity index (χ1n) is 27.8. The summed E-state index contributed by atoms with van der Waals surface area (Å²) in [6.45, 7) is 9.28. The minimum Gasteiger partial charge on any atom is -0.303 e. The van der Waals surface area contributed by atoms with E-state index in [-0.39, 0.29) is 52.6 Å². The molecule has 0 atom stereocenters. The molecule has 0 unspecified atom stereocenters. The van der Waals surface area contributed by atoms with Gasteiger partial charge in [-0.05, 0) is 245 Å². The molecule has 3 fully saturated rings. The van der Waals surface area contributed by atoms with Gasteiger partial charge in [-0.2, -0.15) is 0 Å². The number of ketones is 3. The van der Waals surface area contributed by atoms with Gasteiger partial charge >= 0.3 is 0 Å². The molecule has 396 valence electrons. The van der Waals surface area contributed by atoms with Gasteiger partial charge in [0.2, 0.25) is 0 Å². The van der Waals surface area contributed by atoms with Gasteiger partial charge in [0.05, 0.1) is 0 Å². The molecule has 0 spiro atoms. The van der Waals surface area contributed by atoms with Crippen molar-refractivity contribution in [3.05, 3.63) is 215 Å². The molecule has 9 rings (SSSR count). The Labute approximate surface area is 445 Å². The SMILES string of the molecule is O=C(c1ccc(F)cc1)C1CCN(CCCCc2ccccc2)CC1.O=C(c1ccc(F)cc1)C1CCN(CCCCc2ccccc2)CC1.O=C(c1ccc(F)cc1)C1CCN(CCCCc2ccccc2)CC1. The van der Waals surface area contributed by atoms with E-state index < -0.39 is 0 Å². The molecular weight excluding hydrogens is 940 g/mol. The third kappa shape index (κ3) is 19.6. The molecule has 0 amide bonds. The summed E-state index contributed by atoms with van der Waals surface area (Å²) in [6, 6.07) is 49.7. The summed E-state index contributed by atoms with van der Waals surface area (Å²) in [6.07, 6.45) is 16.1. The number of Topliss-reactive ketones (excluding diaryl/α,β-unsaturated/α-hetero) is 3. The lowest BCUT2D eigenvalue weighted by molar-refractivity contribution is 0.0832.